The minimum Gasteiger partial charge on any atom is -0.493 e. The van der Waals surface area contributed by atoms with Crippen LogP contribution in [-0.2, 0) is 16.1 Å². The zero-order chi connectivity index (χ0) is 22.4. The van der Waals surface area contributed by atoms with E-state index in [-0.39, 0.29) is 23.3 Å². The van der Waals surface area contributed by atoms with Gasteiger partial charge in [-0.1, -0.05) is 0 Å². The van der Waals surface area contributed by atoms with E-state index in [9.17, 15) is 14.4 Å². The molecule has 0 saturated carbocycles. The van der Waals surface area contributed by atoms with Gasteiger partial charge in [0.05, 0.1) is 19.9 Å². The van der Waals surface area contributed by atoms with Crippen LogP contribution in [0.25, 0.3) is 11.3 Å². The van der Waals surface area contributed by atoms with Gasteiger partial charge in [0.1, 0.15) is 0 Å². The number of piperidine rings is 1. The molecule has 3 rings (SSSR count). The summed E-state index contributed by atoms with van der Waals surface area (Å²) in [5.74, 6) is 0.758. The van der Waals surface area contributed by atoms with Crippen molar-refractivity contribution in [3.8, 4) is 22.8 Å². The Morgan fingerprint density at radius 1 is 1.10 bits per heavy atom. The number of amides is 2. The Morgan fingerprint density at radius 2 is 1.81 bits per heavy atom. The smallest absolute Gasteiger partial charge is 0.266 e. The topological polar surface area (TPSA) is 117 Å². The highest BCUT2D eigenvalue weighted by atomic mass is 16.5. The van der Waals surface area contributed by atoms with Gasteiger partial charge in [-0.05, 0) is 43.5 Å². The lowest BCUT2D eigenvalue weighted by Crippen LogP contribution is -2.41. The number of ether oxygens (including phenoxy) is 2. The van der Waals surface area contributed by atoms with Crippen molar-refractivity contribution in [1.82, 2.24) is 14.7 Å². The van der Waals surface area contributed by atoms with Crippen molar-refractivity contribution in [2.45, 2.75) is 32.2 Å². The number of nitrogens with zero attached hydrogens (tertiary/aromatic N) is 3. The summed E-state index contributed by atoms with van der Waals surface area (Å²) in [6.45, 7) is 1.42. The molecule has 1 aliphatic heterocycles. The summed E-state index contributed by atoms with van der Waals surface area (Å²) < 4.78 is 12.0. The SMILES string of the molecule is COc1ccc(-c2ccc(=O)n(CCCC(=O)N3CCC(C(N)=O)CC3)n2)cc1OC. The van der Waals surface area contributed by atoms with Gasteiger partial charge in [0.25, 0.3) is 5.56 Å². The van der Waals surface area contributed by atoms with Gasteiger partial charge < -0.3 is 20.1 Å². The molecule has 9 nitrogen and oxygen atoms in total. The first kappa shape index (κ1) is 22.3. The van der Waals surface area contributed by atoms with E-state index >= 15 is 0 Å². The summed E-state index contributed by atoms with van der Waals surface area (Å²) in [6, 6.07) is 8.56. The van der Waals surface area contributed by atoms with Crippen LogP contribution in [0.1, 0.15) is 25.7 Å². The number of benzene rings is 1. The first-order valence-electron chi connectivity index (χ1n) is 10.3. The van der Waals surface area contributed by atoms with Crippen LogP contribution in [0.3, 0.4) is 0 Å². The average Bonchev–Trinajstić information content (AvgIpc) is 2.79. The number of aryl methyl sites for hydroxylation is 1. The zero-order valence-electron chi connectivity index (χ0n) is 17.9. The maximum Gasteiger partial charge on any atom is 0.266 e. The number of aromatic nitrogens is 2. The Kier molecular flexibility index (Phi) is 7.28. The van der Waals surface area contributed by atoms with E-state index in [2.05, 4.69) is 5.10 Å². The number of likely N-dealkylation sites (tertiary alicyclic amines) is 1. The monoisotopic (exact) mass is 428 g/mol. The van der Waals surface area contributed by atoms with Crippen LogP contribution < -0.4 is 20.8 Å². The molecule has 2 aromatic rings. The standard InChI is InChI=1S/C22H28N4O5/c1-30-18-7-5-16(14-19(18)31-2)17-6-8-21(28)26(24-17)11-3-4-20(27)25-12-9-15(10-13-25)22(23)29/h5-8,14-15H,3-4,9-13H2,1-2H3,(H2,23,29). The van der Waals surface area contributed by atoms with E-state index in [4.69, 9.17) is 15.2 Å². The van der Waals surface area contributed by atoms with Gasteiger partial charge in [0, 0.05) is 43.6 Å². The normalized spacial score (nSPS) is 14.3. The third-order valence-corrected chi connectivity index (χ3v) is 5.56. The third kappa shape index (κ3) is 5.42. The van der Waals surface area contributed by atoms with Crippen molar-refractivity contribution in [1.29, 1.82) is 0 Å². The van der Waals surface area contributed by atoms with E-state index in [1.807, 2.05) is 6.07 Å². The second-order valence-corrected chi connectivity index (χ2v) is 7.51. The molecule has 1 aliphatic rings. The van der Waals surface area contributed by atoms with Crippen molar-refractivity contribution >= 4 is 11.8 Å². The fraction of sp³-hybridized carbons (Fsp3) is 0.455. The number of rotatable bonds is 8. The molecule has 1 aromatic carbocycles. The summed E-state index contributed by atoms with van der Waals surface area (Å²) in [4.78, 5) is 37.7. The lowest BCUT2D eigenvalue weighted by Gasteiger charge is -2.30. The highest BCUT2D eigenvalue weighted by Gasteiger charge is 2.25. The van der Waals surface area contributed by atoms with E-state index in [1.165, 1.54) is 10.7 Å². The molecule has 2 heterocycles. The van der Waals surface area contributed by atoms with Gasteiger partial charge in [-0.3, -0.25) is 14.4 Å². The van der Waals surface area contributed by atoms with Crippen LogP contribution in [0.4, 0.5) is 0 Å². The summed E-state index contributed by atoms with van der Waals surface area (Å²) >= 11 is 0. The molecule has 1 fully saturated rings. The van der Waals surface area contributed by atoms with Crippen molar-refractivity contribution in [2.75, 3.05) is 27.3 Å². The molecular weight excluding hydrogens is 400 g/mol. The molecule has 0 unspecified atom stereocenters. The molecule has 0 radical (unpaired) electrons. The maximum atomic E-state index is 12.4. The van der Waals surface area contributed by atoms with Gasteiger partial charge in [0.2, 0.25) is 11.8 Å². The third-order valence-electron chi connectivity index (χ3n) is 5.56. The average molecular weight is 428 g/mol. The number of carbonyl (C=O) groups is 2. The number of hydrogen-bond acceptors (Lipinski definition) is 6. The highest BCUT2D eigenvalue weighted by Crippen LogP contribution is 2.31. The Bertz CT molecular complexity index is 996. The molecule has 1 aromatic heterocycles. The maximum absolute atomic E-state index is 12.4. The van der Waals surface area contributed by atoms with Gasteiger partial charge in [-0.15, -0.1) is 0 Å². The second-order valence-electron chi connectivity index (χ2n) is 7.51. The van der Waals surface area contributed by atoms with Crippen LogP contribution >= 0.6 is 0 Å². The molecule has 0 spiro atoms. The largest absolute Gasteiger partial charge is 0.493 e. The molecule has 2 amide bonds. The molecule has 0 aliphatic carbocycles. The van der Waals surface area contributed by atoms with Crippen molar-refractivity contribution in [3.05, 3.63) is 40.7 Å². The van der Waals surface area contributed by atoms with E-state index in [0.717, 1.165) is 5.56 Å². The minimum absolute atomic E-state index is 0.0204. The molecule has 1 saturated heterocycles. The van der Waals surface area contributed by atoms with Gasteiger partial charge >= 0.3 is 0 Å². The molecular formula is C22H28N4O5. The summed E-state index contributed by atoms with van der Waals surface area (Å²) in [7, 11) is 3.13. The summed E-state index contributed by atoms with van der Waals surface area (Å²) in [5, 5.41) is 4.44. The second kappa shape index (κ2) is 10.1. The van der Waals surface area contributed by atoms with Crippen molar-refractivity contribution in [3.63, 3.8) is 0 Å². The number of primary amides is 1. The fourth-order valence-corrected chi connectivity index (χ4v) is 3.71. The highest BCUT2D eigenvalue weighted by molar-refractivity contribution is 5.78. The Morgan fingerprint density at radius 3 is 2.45 bits per heavy atom. The summed E-state index contributed by atoms with van der Waals surface area (Å²) in [5.41, 5.74) is 6.53. The lowest BCUT2D eigenvalue weighted by molar-refractivity contribution is -0.135. The molecule has 9 heteroatoms. The molecule has 2 N–H and O–H groups in total. The van der Waals surface area contributed by atoms with Crippen molar-refractivity contribution in [2.24, 2.45) is 11.7 Å². The van der Waals surface area contributed by atoms with E-state index in [1.54, 1.807) is 37.3 Å². The van der Waals surface area contributed by atoms with Crippen LogP contribution in [0.2, 0.25) is 0 Å². The van der Waals surface area contributed by atoms with Gasteiger partial charge in [0.15, 0.2) is 11.5 Å². The predicted molar refractivity (Wildman–Crippen MR) is 115 cm³/mol. The predicted octanol–water partition coefficient (Wildman–Crippen LogP) is 1.43. The van der Waals surface area contributed by atoms with E-state index < -0.39 is 0 Å². The van der Waals surface area contributed by atoms with Crippen molar-refractivity contribution < 1.29 is 19.1 Å². The fourth-order valence-electron chi connectivity index (χ4n) is 3.71. The number of carbonyl (C=O) groups excluding carboxylic acids is 2. The summed E-state index contributed by atoms with van der Waals surface area (Å²) in [6.07, 6.45) is 2.03. The van der Waals surface area contributed by atoms with Crippen LogP contribution in [0, 0.1) is 5.92 Å². The Balaban J connectivity index is 1.61. The Hall–Kier alpha value is -3.36. The first-order valence-corrected chi connectivity index (χ1v) is 10.3. The minimum atomic E-state index is -0.299. The lowest BCUT2D eigenvalue weighted by atomic mass is 9.96. The number of hydrogen-bond donors (Lipinski definition) is 1. The van der Waals surface area contributed by atoms with Gasteiger partial charge in [-0.2, -0.15) is 5.10 Å². The van der Waals surface area contributed by atoms with E-state index in [0.29, 0.717) is 62.5 Å². The zero-order valence-corrected chi connectivity index (χ0v) is 17.9. The van der Waals surface area contributed by atoms with Crippen LogP contribution in [-0.4, -0.2) is 53.8 Å². The Labute approximate surface area is 180 Å². The molecule has 0 atom stereocenters. The van der Waals surface area contributed by atoms with Crippen LogP contribution in [0.5, 0.6) is 11.5 Å². The quantitative estimate of drug-likeness (QED) is 0.680. The molecule has 0 bridgehead atoms. The first-order chi connectivity index (χ1) is 14.9. The molecule has 166 valence electrons. The number of methoxy groups -OCH3 is 2. The number of nitrogens with two attached hydrogens (primary N) is 1. The van der Waals surface area contributed by atoms with Crippen LogP contribution in [0.15, 0.2) is 35.1 Å². The molecule has 31 heavy (non-hydrogen) atoms. The van der Waals surface area contributed by atoms with Gasteiger partial charge in [-0.25, -0.2) is 4.68 Å².